The van der Waals surface area contributed by atoms with Crippen LogP contribution in [0.15, 0.2) is 35.7 Å². The number of amides is 1. The number of aromatic nitrogens is 2. The number of benzene rings is 1. The number of nitrogens with zero attached hydrogens (tertiary/aromatic N) is 3. The Kier molecular flexibility index (Phi) is 5.86. The van der Waals surface area contributed by atoms with Crippen LogP contribution in [0.1, 0.15) is 39.5 Å². The summed E-state index contributed by atoms with van der Waals surface area (Å²) in [7, 11) is 0. The van der Waals surface area contributed by atoms with Crippen LogP contribution in [0.25, 0.3) is 17.3 Å². The van der Waals surface area contributed by atoms with Gasteiger partial charge in [-0.25, -0.2) is 9.69 Å². The van der Waals surface area contributed by atoms with E-state index >= 15 is 0 Å². The van der Waals surface area contributed by atoms with E-state index in [1.807, 2.05) is 28.6 Å². The molecule has 0 bridgehead atoms. The summed E-state index contributed by atoms with van der Waals surface area (Å²) in [6.45, 7) is 2.43. The average Bonchev–Trinajstić information content (AvgIpc) is 3.49. The van der Waals surface area contributed by atoms with Gasteiger partial charge in [0, 0.05) is 34.1 Å². The summed E-state index contributed by atoms with van der Waals surface area (Å²) >= 11 is 14.3. The number of hydrazine groups is 1. The molecule has 31 heavy (non-hydrogen) atoms. The van der Waals surface area contributed by atoms with Gasteiger partial charge in [-0.1, -0.05) is 29.3 Å². The lowest BCUT2D eigenvalue weighted by molar-refractivity contribution is 0.0813. The Morgan fingerprint density at radius 1 is 1.19 bits per heavy atom. The largest absolute Gasteiger partial charge is 0.372 e. The first-order valence-corrected chi connectivity index (χ1v) is 11.7. The third kappa shape index (κ3) is 4.16. The molecule has 0 radical (unpaired) electrons. The van der Waals surface area contributed by atoms with Crippen molar-refractivity contribution < 1.29 is 9.53 Å². The molecule has 1 amide bonds. The highest BCUT2D eigenvalue weighted by atomic mass is 35.5. The van der Waals surface area contributed by atoms with Crippen LogP contribution in [0.3, 0.4) is 0 Å². The minimum Gasteiger partial charge on any atom is -0.372 e. The molecule has 2 aromatic heterocycles. The molecular weight excluding hydrogens is 455 g/mol. The van der Waals surface area contributed by atoms with Crippen LogP contribution >= 0.6 is 34.5 Å². The van der Waals surface area contributed by atoms with Crippen molar-refractivity contribution in [1.29, 1.82) is 0 Å². The highest BCUT2D eigenvalue weighted by Gasteiger charge is 2.30. The van der Waals surface area contributed by atoms with Gasteiger partial charge in [-0.05, 0) is 48.6 Å². The van der Waals surface area contributed by atoms with Crippen molar-refractivity contribution in [2.24, 2.45) is 0 Å². The number of carbonyl (C=O) groups is 1. The SMILES string of the molecule is O=C(NN1CCCC1)c1nn(-c2ccc(Cl)cc2Cl)c2c1COCC2=Cc1cccs1. The second-order valence-corrected chi connectivity index (χ2v) is 9.32. The summed E-state index contributed by atoms with van der Waals surface area (Å²) < 4.78 is 7.60. The van der Waals surface area contributed by atoms with Crippen LogP contribution in [-0.2, 0) is 11.3 Å². The first-order chi connectivity index (χ1) is 15.1. The van der Waals surface area contributed by atoms with Crippen molar-refractivity contribution in [3.05, 3.63) is 67.6 Å². The maximum absolute atomic E-state index is 13.1. The molecule has 0 spiro atoms. The average molecular weight is 475 g/mol. The van der Waals surface area contributed by atoms with Crippen LogP contribution in [0.4, 0.5) is 0 Å². The van der Waals surface area contributed by atoms with E-state index < -0.39 is 0 Å². The minimum atomic E-state index is -0.233. The predicted octanol–water partition coefficient (Wildman–Crippen LogP) is 5.05. The van der Waals surface area contributed by atoms with E-state index in [-0.39, 0.29) is 5.91 Å². The lowest BCUT2D eigenvalue weighted by atomic mass is 10.0. The molecule has 1 N–H and O–H groups in total. The Labute approximate surface area is 194 Å². The van der Waals surface area contributed by atoms with E-state index in [9.17, 15) is 4.79 Å². The molecule has 2 aliphatic heterocycles. The summed E-state index contributed by atoms with van der Waals surface area (Å²) in [6, 6.07) is 9.31. The highest BCUT2D eigenvalue weighted by Crippen LogP contribution is 2.35. The van der Waals surface area contributed by atoms with Gasteiger partial charge in [0.1, 0.15) is 0 Å². The highest BCUT2D eigenvalue weighted by molar-refractivity contribution is 7.10. The van der Waals surface area contributed by atoms with Crippen LogP contribution in [-0.4, -0.2) is 40.4 Å². The lowest BCUT2D eigenvalue weighted by Gasteiger charge is -2.19. The Bertz CT molecular complexity index is 1150. The predicted molar refractivity (Wildman–Crippen MR) is 124 cm³/mol. The topological polar surface area (TPSA) is 59.4 Å². The molecule has 6 nitrogen and oxygen atoms in total. The van der Waals surface area contributed by atoms with Gasteiger partial charge < -0.3 is 4.74 Å². The van der Waals surface area contributed by atoms with Crippen LogP contribution in [0, 0.1) is 0 Å². The number of carbonyl (C=O) groups excluding carboxylic acids is 1. The normalized spacial score (nSPS) is 17.8. The van der Waals surface area contributed by atoms with Gasteiger partial charge in [-0.15, -0.1) is 11.3 Å². The van der Waals surface area contributed by atoms with Gasteiger partial charge in [-0.3, -0.25) is 10.2 Å². The number of hydrogen-bond acceptors (Lipinski definition) is 5. The Morgan fingerprint density at radius 2 is 2.03 bits per heavy atom. The Hall–Kier alpha value is -2.16. The quantitative estimate of drug-likeness (QED) is 0.574. The zero-order valence-electron chi connectivity index (χ0n) is 16.6. The molecule has 2 aliphatic rings. The molecule has 0 unspecified atom stereocenters. The first kappa shape index (κ1) is 20.7. The Balaban J connectivity index is 1.64. The molecule has 0 saturated carbocycles. The van der Waals surface area contributed by atoms with Crippen molar-refractivity contribution in [3.63, 3.8) is 0 Å². The molecule has 4 heterocycles. The van der Waals surface area contributed by atoms with Gasteiger partial charge in [0.2, 0.25) is 0 Å². The van der Waals surface area contributed by atoms with Crippen LogP contribution < -0.4 is 5.43 Å². The summed E-state index contributed by atoms with van der Waals surface area (Å²) in [5, 5.41) is 9.68. The van der Waals surface area contributed by atoms with Gasteiger partial charge in [0.15, 0.2) is 5.69 Å². The third-order valence-electron chi connectivity index (χ3n) is 5.37. The molecule has 0 atom stereocenters. The van der Waals surface area contributed by atoms with Crippen molar-refractivity contribution in [1.82, 2.24) is 20.2 Å². The van der Waals surface area contributed by atoms with E-state index in [0.717, 1.165) is 47.6 Å². The van der Waals surface area contributed by atoms with E-state index in [2.05, 4.69) is 11.5 Å². The fourth-order valence-corrected chi connectivity index (χ4v) is 5.11. The number of fused-ring (bicyclic) bond motifs is 1. The van der Waals surface area contributed by atoms with Gasteiger partial charge in [0.25, 0.3) is 5.91 Å². The third-order valence-corrected chi connectivity index (χ3v) is 6.73. The standard InChI is InChI=1S/C22H20Cl2N4O2S/c23-15-5-6-19(18(24)11-15)28-21-14(10-16-4-3-9-31-16)12-30-13-17(21)20(25-28)22(29)26-27-7-1-2-8-27/h3-6,9-11H,1-2,7-8,12-13H2,(H,26,29). The van der Waals surface area contributed by atoms with Crippen molar-refractivity contribution in [2.75, 3.05) is 19.7 Å². The van der Waals surface area contributed by atoms with E-state index in [1.165, 1.54) is 0 Å². The molecule has 3 aromatic rings. The second-order valence-electron chi connectivity index (χ2n) is 7.50. The van der Waals surface area contributed by atoms with Gasteiger partial charge in [0.05, 0.1) is 29.6 Å². The molecular formula is C22H20Cl2N4O2S. The van der Waals surface area contributed by atoms with Crippen molar-refractivity contribution in [3.8, 4) is 5.69 Å². The molecule has 0 aliphatic carbocycles. The number of rotatable bonds is 4. The number of halogens is 2. The maximum Gasteiger partial charge on any atom is 0.286 e. The summed E-state index contributed by atoms with van der Waals surface area (Å²) in [5.74, 6) is -0.233. The van der Waals surface area contributed by atoms with E-state index in [1.54, 1.807) is 28.2 Å². The van der Waals surface area contributed by atoms with E-state index in [0.29, 0.717) is 34.6 Å². The number of hydrogen-bond donors (Lipinski definition) is 1. The zero-order valence-corrected chi connectivity index (χ0v) is 18.9. The zero-order chi connectivity index (χ0) is 21.4. The maximum atomic E-state index is 13.1. The smallest absolute Gasteiger partial charge is 0.286 e. The number of thiophene rings is 1. The van der Waals surface area contributed by atoms with E-state index in [4.69, 9.17) is 33.0 Å². The summed E-state index contributed by atoms with van der Waals surface area (Å²) in [5.41, 5.74) is 6.56. The van der Waals surface area contributed by atoms with Crippen LogP contribution in [0.2, 0.25) is 10.0 Å². The van der Waals surface area contributed by atoms with Crippen LogP contribution in [0.5, 0.6) is 0 Å². The van der Waals surface area contributed by atoms with Crippen molar-refractivity contribution in [2.45, 2.75) is 19.4 Å². The molecule has 9 heteroatoms. The first-order valence-electron chi connectivity index (χ1n) is 10.1. The summed E-state index contributed by atoms with van der Waals surface area (Å²) in [6.07, 6.45) is 4.22. The molecule has 5 rings (SSSR count). The van der Waals surface area contributed by atoms with Gasteiger partial charge in [-0.2, -0.15) is 5.10 Å². The molecule has 1 saturated heterocycles. The fraction of sp³-hybridized carbons (Fsp3) is 0.273. The monoisotopic (exact) mass is 474 g/mol. The van der Waals surface area contributed by atoms with Gasteiger partial charge >= 0.3 is 0 Å². The van der Waals surface area contributed by atoms with Crippen molar-refractivity contribution >= 4 is 52.1 Å². The second kappa shape index (κ2) is 8.76. The molecule has 160 valence electrons. The number of ether oxygens (including phenoxy) is 1. The molecule has 1 aromatic carbocycles. The summed E-state index contributed by atoms with van der Waals surface area (Å²) in [4.78, 5) is 14.2. The molecule has 1 fully saturated rings. The Morgan fingerprint density at radius 3 is 2.77 bits per heavy atom. The fourth-order valence-electron chi connectivity index (χ4n) is 3.94. The number of nitrogens with one attached hydrogen (secondary N) is 1. The minimum absolute atomic E-state index is 0.233. The lowest BCUT2D eigenvalue weighted by Crippen LogP contribution is -2.40.